The fourth-order valence-corrected chi connectivity index (χ4v) is 4.61. The zero-order chi connectivity index (χ0) is 19.2. The summed E-state index contributed by atoms with van der Waals surface area (Å²) in [5, 5.41) is 5.86. The number of ether oxygens (including phenoxy) is 1. The Morgan fingerprint density at radius 2 is 1.93 bits per heavy atom. The van der Waals surface area contributed by atoms with E-state index in [1.165, 1.54) is 0 Å². The molecule has 0 bridgehead atoms. The molecule has 2 aliphatic rings. The first-order valence-corrected chi connectivity index (χ1v) is 10.6. The average Bonchev–Trinajstić information content (AvgIpc) is 3.23. The van der Waals surface area contributed by atoms with Gasteiger partial charge in [-0.3, -0.25) is 4.79 Å². The maximum Gasteiger partial charge on any atom is 0.319 e. The van der Waals surface area contributed by atoms with E-state index in [0.717, 1.165) is 55.3 Å². The molecule has 1 saturated heterocycles. The van der Waals surface area contributed by atoms with Gasteiger partial charge in [0.25, 0.3) is 0 Å². The Balaban J connectivity index is 1.41. The van der Waals surface area contributed by atoms with Crippen LogP contribution < -0.4 is 21.1 Å². The van der Waals surface area contributed by atoms with Crippen LogP contribution in [0.2, 0.25) is 0 Å². The molecule has 1 saturated carbocycles. The first kappa shape index (κ1) is 19.8. The van der Waals surface area contributed by atoms with E-state index in [4.69, 9.17) is 10.5 Å². The average molecular weight is 393 g/mol. The lowest BCUT2D eigenvalue weighted by Crippen LogP contribution is -2.49. The highest BCUT2D eigenvalue weighted by Crippen LogP contribution is 2.28. The molecule has 148 valence electrons. The number of urea groups is 1. The summed E-state index contributed by atoms with van der Waals surface area (Å²) in [5.74, 6) is 2.78. The van der Waals surface area contributed by atoms with Crippen molar-refractivity contribution >= 4 is 29.4 Å². The van der Waals surface area contributed by atoms with Gasteiger partial charge in [-0.15, -0.1) is 11.8 Å². The molecule has 1 aromatic carbocycles. The van der Waals surface area contributed by atoms with Crippen molar-refractivity contribution in [2.75, 3.05) is 30.6 Å². The van der Waals surface area contributed by atoms with E-state index in [1.807, 2.05) is 4.90 Å². The normalized spacial score (nSPS) is 23.6. The van der Waals surface area contributed by atoms with Crippen LogP contribution in [0.1, 0.15) is 25.7 Å². The number of thioether (sulfide) groups is 1. The molecule has 4 N–H and O–H groups in total. The van der Waals surface area contributed by atoms with Crippen molar-refractivity contribution in [2.45, 2.75) is 37.8 Å². The van der Waals surface area contributed by atoms with E-state index in [-0.39, 0.29) is 23.9 Å². The van der Waals surface area contributed by atoms with Crippen molar-refractivity contribution in [1.29, 1.82) is 0 Å². The smallest absolute Gasteiger partial charge is 0.319 e. The van der Waals surface area contributed by atoms with Gasteiger partial charge in [-0.2, -0.15) is 0 Å². The van der Waals surface area contributed by atoms with Gasteiger partial charge in [0.2, 0.25) is 5.91 Å². The second-order valence-electron chi connectivity index (χ2n) is 7.10. The molecule has 1 aliphatic carbocycles. The summed E-state index contributed by atoms with van der Waals surface area (Å²) in [7, 11) is 1.61. The van der Waals surface area contributed by atoms with Crippen LogP contribution in [-0.4, -0.2) is 54.2 Å². The van der Waals surface area contributed by atoms with Crippen molar-refractivity contribution in [3.8, 4) is 5.75 Å². The number of rotatable bonds is 5. The minimum atomic E-state index is -0.419. The van der Waals surface area contributed by atoms with Crippen molar-refractivity contribution < 1.29 is 14.3 Å². The number of nitrogens with two attached hydrogens (primary N) is 1. The van der Waals surface area contributed by atoms with Gasteiger partial charge in [0.05, 0.1) is 19.0 Å². The van der Waals surface area contributed by atoms with Crippen LogP contribution in [0.4, 0.5) is 10.5 Å². The van der Waals surface area contributed by atoms with E-state index >= 15 is 0 Å². The summed E-state index contributed by atoms with van der Waals surface area (Å²) in [6.07, 6.45) is 3.41. The summed E-state index contributed by atoms with van der Waals surface area (Å²) in [5.41, 5.74) is 6.95. The summed E-state index contributed by atoms with van der Waals surface area (Å²) in [4.78, 5) is 26.5. The number of amides is 3. The predicted molar refractivity (Wildman–Crippen MR) is 108 cm³/mol. The maximum atomic E-state index is 12.5. The minimum absolute atomic E-state index is 0.0775. The second kappa shape index (κ2) is 9.32. The van der Waals surface area contributed by atoms with Gasteiger partial charge < -0.3 is 26.0 Å². The van der Waals surface area contributed by atoms with E-state index < -0.39 is 6.04 Å². The molecular formula is C19H28N4O3S. The van der Waals surface area contributed by atoms with Crippen molar-refractivity contribution in [2.24, 2.45) is 11.7 Å². The molecule has 1 heterocycles. The summed E-state index contributed by atoms with van der Waals surface area (Å²) in [6.45, 7) is 0.805. The van der Waals surface area contributed by atoms with E-state index in [1.54, 1.807) is 43.1 Å². The number of carbonyl (C=O) groups is 2. The zero-order valence-corrected chi connectivity index (χ0v) is 16.5. The Bertz CT molecular complexity index is 641. The third kappa shape index (κ3) is 5.29. The van der Waals surface area contributed by atoms with Gasteiger partial charge in [0.1, 0.15) is 5.75 Å². The molecule has 1 aromatic rings. The molecule has 27 heavy (non-hydrogen) atoms. The summed E-state index contributed by atoms with van der Waals surface area (Å²) in [6, 6.07) is 6.70. The van der Waals surface area contributed by atoms with E-state index in [2.05, 4.69) is 10.6 Å². The zero-order valence-electron chi connectivity index (χ0n) is 15.6. The highest BCUT2D eigenvalue weighted by Gasteiger charge is 2.33. The fourth-order valence-electron chi connectivity index (χ4n) is 3.65. The predicted octanol–water partition coefficient (Wildman–Crippen LogP) is 2.24. The number of nitrogens with one attached hydrogen (secondary N) is 2. The largest absolute Gasteiger partial charge is 0.497 e. The first-order valence-electron chi connectivity index (χ1n) is 9.40. The Hall–Kier alpha value is -1.93. The molecule has 0 aromatic heterocycles. The lowest BCUT2D eigenvalue weighted by atomic mass is 9.81. The third-order valence-corrected chi connectivity index (χ3v) is 6.28. The quantitative estimate of drug-likeness (QED) is 0.714. The lowest BCUT2D eigenvalue weighted by Gasteiger charge is -2.33. The molecule has 1 atom stereocenters. The Labute approximate surface area is 164 Å². The summed E-state index contributed by atoms with van der Waals surface area (Å²) >= 11 is 1.77. The number of anilines is 1. The summed E-state index contributed by atoms with van der Waals surface area (Å²) < 4.78 is 5.11. The van der Waals surface area contributed by atoms with Crippen molar-refractivity contribution in [3.63, 3.8) is 0 Å². The van der Waals surface area contributed by atoms with Gasteiger partial charge >= 0.3 is 6.03 Å². The Morgan fingerprint density at radius 3 is 2.52 bits per heavy atom. The molecule has 0 radical (unpaired) electrons. The molecule has 1 aliphatic heterocycles. The van der Waals surface area contributed by atoms with Crippen LogP contribution in [-0.2, 0) is 4.79 Å². The van der Waals surface area contributed by atoms with Crippen LogP contribution in [0, 0.1) is 5.92 Å². The molecule has 8 heteroatoms. The molecular weight excluding hydrogens is 364 g/mol. The number of carbonyl (C=O) groups excluding carboxylic acids is 2. The molecule has 3 amide bonds. The Morgan fingerprint density at radius 1 is 1.22 bits per heavy atom. The van der Waals surface area contributed by atoms with Crippen LogP contribution in [0.25, 0.3) is 0 Å². The van der Waals surface area contributed by atoms with Gasteiger partial charge in [-0.1, -0.05) is 0 Å². The van der Waals surface area contributed by atoms with Gasteiger partial charge in [-0.05, 0) is 55.9 Å². The number of benzene rings is 1. The second-order valence-corrected chi connectivity index (χ2v) is 8.18. The van der Waals surface area contributed by atoms with Gasteiger partial charge in [0.15, 0.2) is 0 Å². The highest BCUT2D eigenvalue weighted by atomic mass is 32.2. The van der Waals surface area contributed by atoms with Gasteiger partial charge in [0, 0.05) is 24.0 Å². The fraction of sp³-hybridized carbons (Fsp3) is 0.579. The van der Waals surface area contributed by atoms with Crippen molar-refractivity contribution in [3.05, 3.63) is 24.3 Å². The van der Waals surface area contributed by atoms with Crippen molar-refractivity contribution in [1.82, 2.24) is 10.2 Å². The Kier molecular flexibility index (Phi) is 6.84. The highest BCUT2D eigenvalue weighted by molar-refractivity contribution is 7.99. The molecule has 7 nitrogen and oxygen atoms in total. The molecule has 2 fully saturated rings. The lowest BCUT2D eigenvalue weighted by molar-refractivity contribution is -0.132. The third-order valence-electron chi connectivity index (χ3n) is 5.31. The van der Waals surface area contributed by atoms with E-state index in [0.29, 0.717) is 0 Å². The number of hydrogen-bond donors (Lipinski definition) is 3. The van der Waals surface area contributed by atoms with Gasteiger partial charge in [-0.25, -0.2) is 4.79 Å². The molecule has 3 rings (SSSR count). The topological polar surface area (TPSA) is 96.7 Å². The van der Waals surface area contributed by atoms with E-state index in [9.17, 15) is 9.59 Å². The number of hydrogen-bond acceptors (Lipinski definition) is 5. The number of nitrogens with zero attached hydrogens (tertiary/aromatic N) is 1. The van der Waals surface area contributed by atoms with Crippen LogP contribution >= 0.6 is 11.8 Å². The maximum absolute atomic E-state index is 12.5. The van der Waals surface area contributed by atoms with Crippen LogP contribution in [0.5, 0.6) is 5.75 Å². The SMILES string of the molecule is COc1ccc(NC(=O)NC2CCC(C(N)C(=O)N3CCSC3)CC2)cc1. The first-order chi connectivity index (χ1) is 13.1. The number of methoxy groups -OCH3 is 1. The standard InChI is InChI=1S/C19H28N4O3S/c1-26-16-8-6-15(7-9-16)22-19(25)21-14-4-2-13(3-5-14)17(20)18(24)23-10-11-27-12-23/h6-9,13-14,17H,2-5,10-12,20H2,1H3,(H2,21,22,25). The van der Waals surface area contributed by atoms with Crippen LogP contribution in [0.3, 0.4) is 0 Å². The molecule has 1 unspecified atom stereocenters. The minimum Gasteiger partial charge on any atom is -0.497 e. The van der Waals surface area contributed by atoms with Crippen LogP contribution in [0.15, 0.2) is 24.3 Å². The molecule has 0 spiro atoms. The monoisotopic (exact) mass is 392 g/mol.